The summed E-state index contributed by atoms with van der Waals surface area (Å²) in [6, 6.07) is 18.2. The van der Waals surface area contributed by atoms with Crippen LogP contribution in [0.25, 0.3) is 21.0 Å². The molecule has 2 unspecified atom stereocenters. The fourth-order valence-corrected chi connectivity index (χ4v) is 7.46. The van der Waals surface area contributed by atoms with Crippen molar-refractivity contribution in [1.29, 1.82) is 0 Å². The fourth-order valence-electron chi connectivity index (χ4n) is 4.68. The maximum atomic E-state index is 13.2. The van der Waals surface area contributed by atoms with E-state index in [0.29, 0.717) is 36.6 Å². The zero-order chi connectivity index (χ0) is 26.2. The molecule has 0 bridgehead atoms. The summed E-state index contributed by atoms with van der Waals surface area (Å²) < 4.78 is 41.7. The number of benzene rings is 3. The number of thiazole rings is 1. The Bertz CT molecular complexity index is 1610. The molecular weight excluding hydrogens is 510 g/mol. The second-order valence-electron chi connectivity index (χ2n) is 9.18. The second kappa shape index (κ2) is 10.5. The van der Waals surface area contributed by atoms with Crippen molar-refractivity contribution >= 4 is 48.3 Å². The van der Waals surface area contributed by atoms with Crippen molar-refractivity contribution in [2.45, 2.75) is 37.5 Å². The predicted octanol–water partition coefficient (Wildman–Crippen LogP) is 4.04. The molecule has 194 valence electrons. The van der Waals surface area contributed by atoms with E-state index < -0.39 is 15.9 Å². The summed E-state index contributed by atoms with van der Waals surface area (Å²) in [6.07, 6.45) is -0.359. The molecule has 1 amide bonds. The van der Waals surface area contributed by atoms with Crippen LogP contribution in [0.1, 0.15) is 24.2 Å². The van der Waals surface area contributed by atoms with E-state index in [1.165, 1.54) is 39.9 Å². The second-order valence-corrected chi connectivity index (χ2v) is 12.1. The third kappa shape index (κ3) is 5.12. The van der Waals surface area contributed by atoms with Gasteiger partial charge in [0.1, 0.15) is 0 Å². The molecule has 8 nitrogen and oxygen atoms in total. The molecule has 3 aromatic carbocycles. The first-order valence-corrected chi connectivity index (χ1v) is 14.4. The van der Waals surface area contributed by atoms with Crippen LogP contribution in [0.5, 0.6) is 0 Å². The molecule has 2 atom stereocenters. The Hall–Kier alpha value is -2.89. The van der Waals surface area contributed by atoms with Crippen LogP contribution in [0.3, 0.4) is 0 Å². The van der Waals surface area contributed by atoms with Gasteiger partial charge in [-0.3, -0.25) is 4.79 Å². The molecule has 1 aliphatic rings. The molecule has 0 N–H and O–H groups in total. The van der Waals surface area contributed by atoms with Gasteiger partial charge >= 0.3 is 0 Å². The number of hydrogen-bond acceptors (Lipinski definition) is 6. The number of rotatable bonds is 6. The number of morpholine rings is 1. The number of amides is 1. The smallest absolute Gasteiger partial charge is 0.279 e. The van der Waals surface area contributed by atoms with Gasteiger partial charge in [0.05, 0.1) is 33.9 Å². The highest BCUT2D eigenvalue weighted by molar-refractivity contribution is 7.89. The van der Waals surface area contributed by atoms with Gasteiger partial charge in [0.2, 0.25) is 10.0 Å². The molecule has 0 saturated carbocycles. The molecule has 1 saturated heterocycles. The maximum absolute atomic E-state index is 13.2. The molecule has 1 aliphatic heterocycles. The number of methoxy groups -OCH3 is 1. The third-order valence-corrected chi connectivity index (χ3v) is 9.39. The molecule has 2 heterocycles. The molecule has 10 heteroatoms. The van der Waals surface area contributed by atoms with E-state index in [1.54, 1.807) is 7.11 Å². The number of fused-ring (bicyclic) bond motifs is 3. The van der Waals surface area contributed by atoms with Gasteiger partial charge in [0.25, 0.3) is 5.91 Å². The highest BCUT2D eigenvalue weighted by Crippen LogP contribution is 2.28. The summed E-state index contributed by atoms with van der Waals surface area (Å²) in [6.45, 7) is 5.34. The fraction of sp³-hybridized carbons (Fsp3) is 0.333. The lowest BCUT2D eigenvalue weighted by Crippen LogP contribution is -2.48. The molecule has 0 aliphatic carbocycles. The van der Waals surface area contributed by atoms with Crippen molar-refractivity contribution in [2.24, 2.45) is 4.99 Å². The number of carbonyl (C=O) groups is 1. The third-order valence-electron chi connectivity index (χ3n) is 6.42. The van der Waals surface area contributed by atoms with Crippen LogP contribution in [-0.2, 0) is 26.0 Å². The van der Waals surface area contributed by atoms with E-state index in [-0.39, 0.29) is 17.1 Å². The van der Waals surface area contributed by atoms with Crippen LogP contribution in [0, 0.1) is 0 Å². The summed E-state index contributed by atoms with van der Waals surface area (Å²) in [7, 11) is -2.05. The van der Waals surface area contributed by atoms with Crippen LogP contribution < -0.4 is 4.80 Å². The lowest BCUT2D eigenvalue weighted by molar-refractivity contribution is -0.0440. The van der Waals surface area contributed by atoms with Gasteiger partial charge in [-0.1, -0.05) is 41.7 Å². The first kappa shape index (κ1) is 25.7. The summed E-state index contributed by atoms with van der Waals surface area (Å²) in [5, 5.41) is 2.22. The number of ether oxygens (including phenoxy) is 2. The van der Waals surface area contributed by atoms with Crippen molar-refractivity contribution < 1.29 is 22.7 Å². The Labute approximate surface area is 219 Å². The number of nitrogens with zero attached hydrogens (tertiary/aromatic N) is 3. The maximum Gasteiger partial charge on any atom is 0.279 e. The summed E-state index contributed by atoms with van der Waals surface area (Å²) in [5.74, 6) is -0.431. The lowest BCUT2D eigenvalue weighted by Gasteiger charge is -2.34. The SMILES string of the molecule is COCCn1c(=NC(=O)c2ccc(S(=O)(=O)N3CC(C)OC(C)C3)cc2)sc2c3ccccc3ccc21. The normalized spacial score (nSPS) is 19.6. The Morgan fingerprint density at radius 2 is 1.76 bits per heavy atom. The van der Waals surface area contributed by atoms with Crippen molar-refractivity contribution in [2.75, 3.05) is 26.8 Å². The highest BCUT2D eigenvalue weighted by atomic mass is 32.2. The minimum atomic E-state index is -3.69. The Morgan fingerprint density at radius 1 is 1.05 bits per heavy atom. The standard InChI is InChI=1S/C27H29N3O5S2/c1-18-16-29(17-19(2)35-18)37(32,33)22-11-8-21(9-12-22)26(31)28-27-30(14-15-34-3)24-13-10-20-6-4-5-7-23(20)25(24)36-27/h4-13,18-19H,14-17H2,1-3H3. The predicted molar refractivity (Wildman–Crippen MR) is 144 cm³/mol. The molecule has 1 aromatic heterocycles. The molecule has 0 radical (unpaired) electrons. The monoisotopic (exact) mass is 539 g/mol. The molecule has 4 aromatic rings. The van der Waals surface area contributed by atoms with Crippen molar-refractivity contribution in [3.8, 4) is 0 Å². The highest BCUT2D eigenvalue weighted by Gasteiger charge is 2.32. The van der Waals surface area contributed by atoms with Crippen LogP contribution in [-0.4, -0.2) is 62.2 Å². The van der Waals surface area contributed by atoms with Gasteiger partial charge in [0.15, 0.2) is 4.80 Å². The van der Waals surface area contributed by atoms with Gasteiger partial charge in [-0.15, -0.1) is 0 Å². The Balaban J connectivity index is 1.49. The van der Waals surface area contributed by atoms with Crippen molar-refractivity contribution in [3.05, 3.63) is 71.0 Å². The quantitative estimate of drug-likeness (QED) is 0.369. The van der Waals surface area contributed by atoms with Crippen LogP contribution >= 0.6 is 11.3 Å². The minimum absolute atomic E-state index is 0.147. The van der Waals surface area contributed by atoms with Gasteiger partial charge in [0, 0.05) is 37.7 Å². The largest absolute Gasteiger partial charge is 0.383 e. The number of sulfonamides is 1. The molecule has 37 heavy (non-hydrogen) atoms. The Kier molecular flexibility index (Phi) is 7.28. The van der Waals surface area contributed by atoms with Gasteiger partial charge < -0.3 is 14.0 Å². The Morgan fingerprint density at radius 3 is 2.46 bits per heavy atom. The zero-order valence-electron chi connectivity index (χ0n) is 21.0. The van der Waals surface area contributed by atoms with Crippen LogP contribution in [0.2, 0.25) is 0 Å². The summed E-state index contributed by atoms with van der Waals surface area (Å²) >= 11 is 1.46. The van der Waals surface area contributed by atoms with E-state index in [1.807, 2.05) is 36.6 Å². The lowest BCUT2D eigenvalue weighted by atomic mass is 10.1. The minimum Gasteiger partial charge on any atom is -0.383 e. The van der Waals surface area contributed by atoms with E-state index in [0.717, 1.165) is 21.0 Å². The van der Waals surface area contributed by atoms with Crippen LogP contribution in [0.15, 0.2) is 70.6 Å². The number of hydrogen-bond donors (Lipinski definition) is 0. The molecular formula is C27H29N3O5S2. The van der Waals surface area contributed by atoms with E-state index in [2.05, 4.69) is 23.2 Å². The van der Waals surface area contributed by atoms with Gasteiger partial charge in [-0.2, -0.15) is 9.30 Å². The van der Waals surface area contributed by atoms with Gasteiger partial charge in [-0.05, 0) is 49.6 Å². The van der Waals surface area contributed by atoms with Gasteiger partial charge in [-0.25, -0.2) is 8.42 Å². The van der Waals surface area contributed by atoms with Crippen LogP contribution in [0.4, 0.5) is 0 Å². The topological polar surface area (TPSA) is 90.2 Å². The average molecular weight is 540 g/mol. The zero-order valence-corrected chi connectivity index (χ0v) is 22.6. The number of carbonyl (C=O) groups excluding carboxylic acids is 1. The van der Waals surface area contributed by atoms with E-state index in [4.69, 9.17) is 9.47 Å². The first-order valence-electron chi connectivity index (χ1n) is 12.1. The summed E-state index contributed by atoms with van der Waals surface area (Å²) in [4.78, 5) is 18.3. The van der Waals surface area contributed by atoms with Crippen molar-refractivity contribution in [3.63, 3.8) is 0 Å². The van der Waals surface area contributed by atoms with Crippen molar-refractivity contribution in [1.82, 2.24) is 8.87 Å². The molecule has 5 rings (SSSR count). The number of aromatic nitrogens is 1. The van der Waals surface area contributed by atoms with E-state index >= 15 is 0 Å². The summed E-state index contributed by atoms with van der Waals surface area (Å²) in [5.41, 5.74) is 1.31. The molecule has 1 fully saturated rings. The average Bonchev–Trinajstić information content (AvgIpc) is 3.24. The first-order chi connectivity index (χ1) is 17.8. The molecule has 0 spiro atoms. The van der Waals surface area contributed by atoms with E-state index in [9.17, 15) is 13.2 Å².